The molecule has 126 valence electrons. The highest BCUT2D eigenvalue weighted by Gasteiger charge is 2.35. The zero-order chi connectivity index (χ0) is 16.7. The highest BCUT2D eigenvalue weighted by Crippen LogP contribution is 2.33. The molecule has 1 saturated heterocycles. The lowest BCUT2D eigenvalue weighted by atomic mass is 9.78. The maximum atomic E-state index is 12.6. The van der Waals surface area contributed by atoms with Crippen molar-refractivity contribution in [1.29, 1.82) is 0 Å². The molecule has 0 bridgehead atoms. The third-order valence-corrected chi connectivity index (χ3v) is 4.51. The molecule has 1 aromatic rings. The lowest BCUT2D eigenvalue weighted by Gasteiger charge is -2.41. The highest BCUT2D eigenvalue weighted by molar-refractivity contribution is 5.78. The van der Waals surface area contributed by atoms with E-state index in [0.717, 1.165) is 31.4 Å². The molecule has 1 unspecified atom stereocenters. The minimum atomic E-state index is -0.211. The average molecular weight is 317 g/mol. The molecular formula is C18H27N3O2. The van der Waals surface area contributed by atoms with Crippen LogP contribution in [0.2, 0.25) is 0 Å². The van der Waals surface area contributed by atoms with Gasteiger partial charge in [-0.25, -0.2) is 0 Å². The van der Waals surface area contributed by atoms with E-state index in [4.69, 9.17) is 0 Å². The SMILES string of the molecule is C=CCC1(CO)CCCN(C(=O)CN(C)Cc2cccnc2)C1. The maximum Gasteiger partial charge on any atom is 0.236 e. The fraction of sp³-hybridized carbons (Fsp3) is 0.556. The van der Waals surface area contributed by atoms with Gasteiger partial charge >= 0.3 is 0 Å². The van der Waals surface area contributed by atoms with Gasteiger partial charge in [-0.05, 0) is 37.9 Å². The summed E-state index contributed by atoms with van der Waals surface area (Å²) in [5, 5.41) is 9.75. The van der Waals surface area contributed by atoms with Gasteiger partial charge in [0.1, 0.15) is 0 Å². The van der Waals surface area contributed by atoms with Gasteiger partial charge in [0.15, 0.2) is 0 Å². The molecule has 23 heavy (non-hydrogen) atoms. The Morgan fingerprint density at radius 3 is 3.09 bits per heavy atom. The molecule has 1 atom stereocenters. The fourth-order valence-corrected chi connectivity index (χ4v) is 3.28. The Bertz CT molecular complexity index is 520. The Kier molecular flexibility index (Phi) is 6.30. The summed E-state index contributed by atoms with van der Waals surface area (Å²) in [5.74, 6) is 0.123. The topological polar surface area (TPSA) is 56.7 Å². The quantitative estimate of drug-likeness (QED) is 0.778. The Hall–Kier alpha value is -1.72. The Morgan fingerprint density at radius 1 is 1.61 bits per heavy atom. The molecule has 2 heterocycles. The summed E-state index contributed by atoms with van der Waals surface area (Å²) < 4.78 is 0. The van der Waals surface area contributed by atoms with Crippen LogP contribution in [0.4, 0.5) is 0 Å². The molecule has 1 aromatic heterocycles. The van der Waals surface area contributed by atoms with E-state index >= 15 is 0 Å². The number of aliphatic hydroxyl groups is 1. The van der Waals surface area contributed by atoms with Crippen molar-refractivity contribution >= 4 is 5.91 Å². The van der Waals surface area contributed by atoms with Gasteiger partial charge in [0.25, 0.3) is 0 Å². The number of aliphatic hydroxyl groups excluding tert-OH is 1. The van der Waals surface area contributed by atoms with Gasteiger partial charge in [-0.1, -0.05) is 12.1 Å². The predicted octanol–water partition coefficient (Wildman–Crippen LogP) is 1.69. The molecule has 0 saturated carbocycles. The first-order valence-electron chi connectivity index (χ1n) is 8.15. The van der Waals surface area contributed by atoms with Gasteiger partial charge in [-0.15, -0.1) is 6.58 Å². The standard InChI is InChI=1S/C18H27N3O2/c1-3-7-18(15-22)8-5-10-21(14-18)17(23)13-20(2)12-16-6-4-9-19-11-16/h3-4,6,9,11,22H,1,5,7-8,10,12-15H2,2H3. The van der Waals surface area contributed by atoms with Crippen molar-refractivity contribution in [3.05, 3.63) is 42.7 Å². The number of rotatable bonds is 7. The van der Waals surface area contributed by atoms with Gasteiger partial charge < -0.3 is 10.0 Å². The van der Waals surface area contributed by atoms with Crippen LogP contribution in [-0.4, -0.2) is 59.1 Å². The molecule has 5 heteroatoms. The molecule has 1 fully saturated rings. The van der Waals surface area contributed by atoms with E-state index in [0.29, 0.717) is 19.6 Å². The monoisotopic (exact) mass is 317 g/mol. The van der Waals surface area contributed by atoms with Gasteiger partial charge in [-0.2, -0.15) is 0 Å². The van der Waals surface area contributed by atoms with Gasteiger partial charge in [0.05, 0.1) is 13.2 Å². The molecule has 5 nitrogen and oxygen atoms in total. The van der Waals surface area contributed by atoms with Gasteiger partial charge in [-0.3, -0.25) is 14.7 Å². The summed E-state index contributed by atoms with van der Waals surface area (Å²) in [6, 6.07) is 3.91. The number of allylic oxidation sites excluding steroid dienone is 1. The summed E-state index contributed by atoms with van der Waals surface area (Å²) in [4.78, 5) is 20.6. The van der Waals surface area contributed by atoms with E-state index in [1.54, 1.807) is 6.20 Å². The maximum absolute atomic E-state index is 12.6. The van der Waals surface area contributed by atoms with Crippen molar-refractivity contribution in [2.24, 2.45) is 5.41 Å². The number of likely N-dealkylation sites (tertiary alicyclic amines) is 1. The second kappa shape index (κ2) is 8.22. The number of pyridine rings is 1. The number of nitrogens with zero attached hydrogens (tertiary/aromatic N) is 3. The molecule has 1 amide bonds. The van der Waals surface area contributed by atoms with Crippen molar-refractivity contribution in [2.75, 3.05) is 33.3 Å². The molecule has 1 aliphatic heterocycles. The third kappa shape index (κ3) is 4.88. The molecule has 0 spiro atoms. The van der Waals surface area contributed by atoms with Crippen LogP contribution in [0.25, 0.3) is 0 Å². The number of carbonyl (C=O) groups excluding carboxylic acids is 1. The molecule has 1 aliphatic rings. The highest BCUT2D eigenvalue weighted by atomic mass is 16.3. The first-order valence-corrected chi connectivity index (χ1v) is 8.15. The second-order valence-corrected chi connectivity index (χ2v) is 6.60. The largest absolute Gasteiger partial charge is 0.396 e. The molecule has 2 rings (SSSR count). The molecular weight excluding hydrogens is 290 g/mol. The van der Waals surface area contributed by atoms with Crippen molar-refractivity contribution in [3.8, 4) is 0 Å². The molecule has 0 aliphatic carbocycles. The summed E-state index contributed by atoms with van der Waals surface area (Å²) in [7, 11) is 1.94. The smallest absolute Gasteiger partial charge is 0.236 e. The number of likely N-dealkylation sites (N-methyl/N-ethyl adjacent to an activating group) is 1. The zero-order valence-corrected chi connectivity index (χ0v) is 13.9. The molecule has 1 N–H and O–H groups in total. The summed E-state index contributed by atoms with van der Waals surface area (Å²) in [6.45, 7) is 6.37. The predicted molar refractivity (Wildman–Crippen MR) is 90.7 cm³/mol. The number of hydrogen-bond donors (Lipinski definition) is 1. The Balaban J connectivity index is 1.90. The lowest BCUT2D eigenvalue weighted by Crippen LogP contribution is -2.50. The Morgan fingerprint density at radius 2 is 2.43 bits per heavy atom. The minimum absolute atomic E-state index is 0.105. The normalized spacial score (nSPS) is 21.4. The van der Waals surface area contributed by atoms with E-state index in [9.17, 15) is 9.90 Å². The van der Waals surface area contributed by atoms with Crippen LogP contribution in [0.5, 0.6) is 0 Å². The van der Waals surface area contributed by atoms with E-state index in [-0.39, 0.29) is 17.9 Å². The van der Waals surface area contributed by atoms with Crippen LogP contribution in [0, 0.1) is 5.41 Å². The van der Waals surface area contributed by atoms with E-state index in [1.807, 2.05) is 41.3 Å². The second-order valence-electron chi connectivity index (χ2n) is 6.60. The molecule has 0 radical (unpaired) electrons. The van der Waals surface area contributed by atoms with Crippen LogP contribution in [0.1, 0.15) is 24.8 Å². The fourth-order valence-electron chi connectivity index (χ4n) is 3.28. The first kappa shape index (κ1) is 17.6. The van der Waals surface area contributed by atoms with E-state index < -0.39 is 0 Å². The number of aromatic nitrogens is 1. The molecule has 0 aromatic carbocycles. The van der Waals surface area contributed by atoms with Crippen LogP contribution < -0.4 is 0 Å². The Labute approximate surface area is 138 Å². The minimum Gasteiger partial charge on any atom is -0.396 e. The lowest BCUT2D eigenvalue weighted by molar-refractivity contribution is -0.136. The number of carbonyl (C=O) groups is 1. The van der Waals surface area contributed by atoms with Crippen molar-refractivity contribution in [3.63, 3.8) is 0 Å². The first-order chi connectivity index (χ1) is 11.1. The average Bonchev–Trinajstić information content (AvgIpc) is 2.56. The van der Waals surface area contributed by atoms with Crippen LogP contribution >= 0.6 is 0 Å². The number of amides is 1. The van der Waals surface area contributed by atoms with Gasteiger partial charge in [0.2, 0.25) is 5.91 Å². The summed E-state index contributed by atoms with van der Waals surface area (Å²) in [6.07, 6.45) is 8.05. The van der Waals surface area contributed by atoms with E-state index in [1.165, 1.54) is 0 Å². The summed E-state index contributed by atoms with van der Waals surface area (Å²) >= 11 is 0. The van der Waals surface area contributed by atoms with Gasteiger partial charge in [0, 0.05) is 37.4 Å². The van der Waals surface area contributed by atoms with Crippen molar-refractivity contribution in [1.82, 2.24) is 14.8 Å². The van der Waals surface area contributed by atoms with Crippen molar-refractivity contribution in [2.45, 2.75) is 25.8 Å². The van der Waals surface area contributed by atoms with E-state index in [2.05, 4.69) is 11.6 Å². The van der Waals surface area contributed by atoms with Crippen LogP contribution in [0.3, 0.4) is 0 Å². The van der Waals surface area contributed by atoms with Crippen LogP contribution in [-0.2, 0) is 11.3 Å². The third-order valence-electron chi connectivity index (χ3n) is 4.51. The zero-order valence-electron chi connectivity index (χ0n) is 13.9. The summed E-state index contributed by atoms with van der Waals surface area (Å²) in [5.41, 5.74) is 0.884. The van der Waals surface area contributed by atoms with Crippen LogP contribution in [0.15, 0.2) is 37.2 Å². The van der Waals surface area contributed by atoms with Crippen molar-refractivity contribution < 1.29 is 9.90 Å². The number of hydrogen-bond acceptors (Lipinski definition) is 4. The number of piperidine rings is 1.